The predicted molar refractivity (Wildman–Crippen MR) is 132 cm³/mol. The normalized spacial score (nSPS) is 24.9. The maximum atomic E-state index is 12.9. The van der Waals surface area contributed by atoms with Crippen LogP contribution in [0.3, 0.4) is 0 Å². The Labute approximate surface area is 216 Å². The summed E-state index contributed by atoms with van der Waals surface area (Å²) in [6, 6.07) is 12.2. The van der Waals surface area contributed by atoms with E-state index >= 15 is 0 Å². The second-order valence-corrected chi connectivity index (χ2v) is 10.5. The van der Waals surface area contributed by atoms with Gasteiger partial charge in [0.25, 0.3) is 5.91 Å². The average Bonchev–Trinajstić information content (AvgIpc) is 3.31. The third kappa shape index (κ3) is 6.46. The number of alkyl halides is 3. The van der Waals surface area contributed by atoms with Crippen LogP contribution >= 0.6 is 15.9 Å². The number of carbonyl (C=O) groups is 2. The molecule has 0 radical (unpaired) electrons. The third-order valence-corrected chi connectivity index (χ3v) is 7.66. The Morgan fingerprint density at radius 2 is 1.78 bits per heavy atom. The van der Waals surface area contributed by atoms with Crippen LogP contribution in [0.5, 0.6) is 0 Å². The molecule has 3 N–H and O–H groups in total. The van der Waals surface area contributed by atoms with E-state index in [1.807, 2.05) is 24.3 Å². The van der Waals surface area contributed by atoms with E-state index in [2.05, 4.69) is 31.5 Å². The number of nitrogens with zero attached hydrogens (tertiary/aromatic N) is 1. The molecule has 0 aromatic heterocycles. The van der Waals surface area contributed by atoms with Crippen molar-refractivity contribution >= 4 is 27.7 Å². The van der Waals surface area contributed by atoms with Crippen LogP contribution in [-0.2, 0) is 16.6 Å². The molecule has 2 aromatic rings. The monoisotopic (exact) mass is 567 g/mol. The number of halogens is 4. The Morgan fingerprint density at radius 3 is 2.44 bits per heavy atom. The minimum atomic E-state index is -4.54. The Kier molecular flexibility index (Phi) is 8.06. The summed E-state index contributed by atoms with van der Waals surface area (Å²) in [5.41, 5.74) is -0.945. The van der Waals surface area contributed by atoms with Gasteiger partial charge >= 0.3 is 6.18 Å². The molecule has 0 unspecified atom stereocenters. The highest BCUT2D eigenvalue weighted by Gasteiger charge is 2.38. The summed E-state index contributed by atoms with van der Waals surface area (Å²) >= 11 is 3.42. The van der Waals surface area contributed by atoms with Gasteiger partial charge in [-0.1, -0.05) is 34.1 Å². The first kappa shape index (κ1) is 26.6. The molecule has 6 nitrogen and oxygen atoms in total. The van der Waals surface area contributed by atoms with Gasteiger partial charge in [-0.15, -0.1) is 0 Å². The van der Waals surface area contributed by atoms with Crippen molar-refractivity contribution in [2.45, 2.75) is 56.0 Å². The lowest BCUT2D eigenvalue weighted by atomic mass is 9.77. The highest BCUT2D eigenvalue weighted by Crippen LogP contribution is 2.39. The maximum absolute atomic E-state index is 12.9. The number of nitrogens with one attached hydrogen (secondary N) is 2. The van der Waals surface area contributed by atoms with Crippen LogP contribution in [0.25, 0.3) is 0 Å². The minimum absolute atomic E-state index is 0.0600. The lowest BCUT2D eigenvalue weighted by molar-refractivity contribution is -0.137. The van der Waals surface area contributed by atoms with Crippen LogP contribution in [0.4, 0.5) is 13.2 Å². The molecule has 2 aromatic carbocycles. The molecule has 10 heteroatoms. The average molecular weight is 568 g/mol. The molecule has 1 atom stereocenters. The van der Waals surface area contributed by atoms with Crippen molar-refractivity contribution in [3.8, 4) is 0 Å². The number of aliphatic hydroxyl groups is 1. The van der Waals surface area contributed by atoms with Crippen molar-refractivity contribution in [3.63, 3.8) is 0 Å². The highest BCUT2D eigenvalue weighted by molar-refractivity contribution is 9.10. The van der Waals surface area contributed by atoms with E-state index in [1.54, 1.807) is 0 Å². The van der Waals surface area contributed by atoms with Gasteiger partial charge < -0.3 is 15.7 Å². The second kappa shape index (κ2) is 10.9. The predicted octanol–water partition coefficient (Wildman–Crippen LogP) is 4.22. The lowest BCUT2D eigenvalue weighted by Crippen LogP contribution is -2.45. The van der Waals surface area contributed by atoms with Crippen molar-refractivity contribution in [2.24, 2.45) is 0 Å². The van der Waals surface area contributed by atoms with Crippen LogP contribution in [0.2, 0.25) is 0 Å². The molecule has 1 saturated heterocycles. The summed E-state index contributed by atoms with van der Waals surface area (Å²) in [4.78, 5) is 26.9. The van der Waals surface area contributed by atoms with Crippen LogP contribution in [-0.4, -0.2) is 53.5 Å². The van der Waals surface area contributed by atoms with Gasteiger partial charge in [-0.3, -0.25) is 14.5 Å². The Hall–Kier alpha value is -2.43. The van der Waals surface area contributed by atoms with Crippen molar-refractivity contribution in [1.29, 1.82) is 0 Å². The molecular formula is C26H29BrF3N3O3. The summed E-state index contributed by atoms with van der Waals surface area (Å²) in [6.07, 6.45) is -0.692. The van der Waals surface area contributed by atoms with Gasteiger partial charge in [0.1, 0.15) is 0 Å². The molecule has 2 aliphatic rings. The van der Waals surface area contributed by atoms with E-state index in [-0.39, 0.29) is 24.1 Å². The molecule has 1 aliphatic carbocycles. The number of rotatable bonds is 6. The van der Waals surface area contributed by atoms with Crippen LogP contribution in [0.15, 0.2) is 53.0 Å². The standard InChI is InChI=1S/C26H29BrF3N3O3/c27-20-6-4-18(5-7-20)25(36)11-8-22(9-12-25)33-13-10-21(16-33)32-23(34)15-31-24(35)17-2-1-3-19(14-17)26(28,29)30/h1-7,14,21-22,36H,8-13,15-16H2,(H,31,35)(H,32,34)/t21-,22?,25?/m1/s1. The molecule has 1 heterocycles. The first-order valence-electron chi connectivity index (χ1n) is 12.0. The van der Waals surface area contributed by atoms with E-state index < -0.39 is 23.2 Å². The van der Waals surface area contributed by atoms with Crippen LogP contribution in [0, 0.1) is 0 Å². The fraction of sp³-hybridized carbons (Fsp3) is 0.462. The largest absolute Gasteiger partial charge is 0.416 e. The number of likely N-dealkylation sites (tertiary alicyclic amines) is 1. The zero-order valence-electron chi connectivity index (χ0n) is 19.7. The maximum Gasteiger partial charge on any atom is 0.416 e. The molecule has 2 fully saturated rings. The lowest BCUT2D eigenvalue weighted by Gasteiger charge is -2.40. The molecule has 194 valence electrons. The molecule has 1 aliphatic heterocycles. The molecule has 36 heavy (non-hydrogen) atoms. The highest BCUT2D eigenvalue weighted by atomic mass is 79.9. The first-order valence-corrected chi connectivity index (χ1v) is 12.8. The zero-order chi connectivity index (χ0) is 25.9. The topological polar surface area (TPSA) is 81.7 Å². The van der Waals surface area contributed by atoms with Crippen molar-refractivity contribution in [1.82, 2.24) is 15.5 Å². The van der Waals surface area contributed by atoms with Crippen molar-refractivity contribution in [3.05, 3.63) is 69.7 Å². The van der Waals surface area contributed by atoms with E-state index in [0.717, 1.165) is 54.0 Å². The smallest absolute Gasteiger partial charge is 0.385 e. The number of amides is 2. The summed E-state index contributed by atoms with van der Waals surface area (Å²) in [5, 5.41) is 16.4. The molecule has 1 saturated carbocycles. The molecule has 0 bridgehead atoms. The fourth-order valence-corrected chi connectivity index (χ4v) is 5.37. The molecule has 2 amide bonds. The minimum Gasteiger partial charge on any atom is -0.385 e. The van der Waals surface area contributed by atoms with Gasteiger partial charge in [0, 0.05) is 35.2 Å². The molecular weight excluding hydrogens is 539 g/mol. The zero-order valence-corrected chi connectivity index (χ0v) is 21.2. The van der Waals surface area contributed by atoms with Crippen LogP contribution < -0.4 is 10.6 Å². The molecule has 4 rings (SSSR count). The number of hydrogen-bond donors (Lipinski definition) is 3. The summed E-state index contributed by atoms with van der Waals surface area (Å²) in [6.45, 7) is 1.22. The Bertz CT molecular complexity index is 1090. The van der Waals surface area contributed by atoms with Crippen molar-refractivity contribution in [2.75, 3.05) is 19.6 Å². The van der Waals surface area contributed by atoms with Gasteiger partial charge in [0.15, 0.2) is 0 Å². The van der Waals surface area contributed by atoms with E-state index in [1.165, 1.54) is 6.07 Å². The quantitative estimate of drug-likeness (QED) is 0.488. The van der Waals surface area contributed by atoms with E-state index in [4.69, 9.17) is 0 Å². The first-order chi connectivity index (χ1) is 17.0. The van der Waals surface area contributed by atoms with E-state index in [0.29, 0.717) is 25.4 Å². The van der Waals surface area contributed by atoms with Gasteiger partial charge in [-0.05, 0) is 68.0 Å². The fourth-order valence-electron chi connectivity index (χ4n) is 5.11. The van der Waals surface area contributed by atoms with Crippen molar-refractivity contribution < 1.29 is 27.9 Å². The summed E-state index contributed by atoms with van der Waals surface area (Å²) < 4.78 is 39.5. The SMILES string of the molecule is O=C(CNC(=O)c1cccc(C(F)(F)F)c1)N[C@@H]1CCN(C2CCC(O)(c3ccc(Br)cc3)CC2)C1. The number of carbonyl (C=O) groups excluding carboxylic acids is 2. The van der Waals surface area contributed by atoms with Gasteiger partial charge in [0.05, 0.1) is 17.7 Å². The second-order valence-electron chi connectivity index (χ2n) is 9.58. The Morgan fingerprint density at radius 1 is 1.08 bits per heavy atom. The van der Waals surface area contributed by atoms with Gasteiger partial charge in [-0.2, -0.15) is 13.2 Å². The third-order valence-electron chi connectivity index (χ3n) is 7.13. The number of hydrogen-bond acceptors (Lipinski definition) is 4. The van der Waals surface area contributed by atoms with Crippen LogP contribution in [0.1, 0.15) is 53.6 Å². The number of benzene rings is 2. The van der Waals surface area contributed by atoms with Gasteiger partial charge in [0.2, 0.25) is 5.91 Å². The molecule has 0 spiro atoms. The van der Waals surface area contributed by atoms with E-state index in [9.17, 15) is 27.9 Å². The Balaban J connectivity index is 1.21. The summed E-state index contributed by atoms with van der Waals surface area (Å²) in [7, 11) is 0. The van der Waals surface area contributed by atoms with Gasteiger partial charge in [-0.25, -0.2) is 0 Å². The summed E-state index contributed by atoms with van der Waals surface area (Å²) in [5.74, 6) is -1.11.